The van der Waals surface area contributed by atoms with Gasteiger partial charge in [-0.25, -0.2) is 0 Å². The Bertz CT molecular complexity index is 433. The fourth-order valence-corrected chi connectivity index (χ4v) is 2.13. The van der Waals surface area contributed by atoms with Gasteiger partial charge in [-0.15, -0.1) is 0 Å². The second-order valence-corrected chi connectivity index (χ2v) is 3.82. The minimum absolute atomic E-state index is 0.519. The maximum atomic E-state index is 9.15. The highest BCUT2D eigenvalue weighted by Gasteiger charge is 2.16. The van der Waals surface area contributed by atoms with Crippen molar-refractivity contribution in [1.29, 1.82) is 0 Å². The first-order chi connectivity index (χ1) is 6.20. The quantitative estimate of drug-likeness (QED) is 0.682. The summed E-state index contributed by atoms with van der Waals surface area (Å²) >= 11 is 0. The second kappa shape index (κ2) is 3.11. The summed E-state index contributed by atoms with van der Waals surface area (Å²) < 4.78 is 5.36. The maximum Gasteiger partial charge on any atom is 0.203 e. The molecule has 0 saturated heterocycles. The minimum atomic E-state index is -2.07. The van der Waals surface area contributed by atoms with Gasteiger partial charge in [-0.05, 0) is 13.0 Å². The molecular formula is C9H9O3P. The van der Waals surface area contributed by atoms with Gasteiger partial charge >= 0.3 is 0 Å². The van der Waals surface area contributed by atoms with E-state index in [2.05, 4.69) is 0 Å². The summed E-state index contributed by atoms with van der Waals surface area (Å²) in [6, 6.07) is 7.33. The standard InChI is InChI=1S/C9H9O3P/c1-6-9(13(10)11)7-4-2-3-5-8(7)12-6/h2-5,10-11H,1H3. The average molecular weight is 196 g/mol. The molecule has 0 aliphatic heterocycles. The largest absolute Gasteiger partial charge is 0.461 e. The first-order valence-corrected chi connectivity index (χ1v) is 5.11. The Morgan fingerprint density at radius 3 is 2.62 bits per heavy atom. The first kappa shape index (κ1) is 8.70. The van der Waals surface area contributed by atoms with Crippen LogP contribution in [-0.4, -0.2) is 9.79 Å². The smallest absolute Gasteiger partial charge is 0.203 e. The van der Waals surface area contributed by atoms with E-state index in [0.29, 0.717) is 16.6 Å². The summed E-state index contributed by atoms with van der Waals surface area (Å²) in [5.74, 6) is 0.581. The number of fused-ring (bicyclic) bond motifs is 1. The van der Waals surface area contributed by atoms with Gasteiger partial charge in [-0.2, -0.15) is 0 Å². The molecule has 0 unspecified atom stereocenters. The summed E-state index contributed by atoms with van der Waals surface area (Å²) in [6.07, 6.45) is 0. The van der Waals surface area contributed by atoms with Crippen molar-refractivity contribution < 1.29 is 14.2 Å². The summed E-state index contributed by atoms with van der Waals surface area (Å²) in [7, 11) is -2.07. The van der Waals surface area contributed by atoms with Crippen LogP contribution in [0.15, 0.2) is 28.7 Å². The van der Waals surface area contributed by atoms with E-state index >= 15 is 0 Å². The second-order valence-electron chi connectivity index (χ2n) is 2.79. The van der Waals surface area contributed by atoms with Crippen molar-refractivity contribution in [3.8, 4) is 0 Å². The molecule has 0 fully saturated rings. The van der Waals surface area contributed by atoms with Crippen molar-refractivity contribution in [1.82, 2.24) is 0 Å². The number of hydrogen-bond acceptors (Lipinski definition) is 3. The normalized spacial score (nSPS) is 11.4. The molecule has 1 heterocycles. The average Bonchev–Trinajstić information content (AvgIpc) is 2.39. The van der Waals surface area contributed by atoms with E-state index in [1.807, 2.05) is 24.3 Å². The summed E-state index contributed by atoms with van der Waals surface area (Å²) in [5, 5.41) is 1.31. The van der Waals surface area contributed by atoms with Crippen molar-refractivity contribution in [3.63, 3.8) is 0 Å². The van der Waals surface area contributed by atoms with Crippen LogP contribution in [0, 0.1) is 6.92 Å². The number of aryl methyl sites for hydroxylation is 1. The maximum absolute atomic E-state index is 9.15. The van der Waals surface area contributed by atoms with Gasteiger partial charge in [-0.1, -0.05) is 18.2 Å². The summed E-state index contributed by atoms with van der Waals surface area (Å²) in [6.45, 7) is 1.73. The molecule has 0 aliphatic carbocycles. The molecule has 0 radical (unpaired) electrons. The van der Waals surface area contributed by atoms with Crippen LogP contribution in [0.3, 0.4) is 0 Å². The Hall–Kier alpha value is -0.890. The third-order valence-electron chi connectivity index (χ3n) is 1.94. The predicted molar refractivity (Wildman–Crippen MR) is 51.9 cm³/mol. The van der Waals surface area contributed by atoms with Gasteiger partial charge in [0.15, 0.2) is 0 Å². The highest BCUT2D eigenvalue weighted by Crippen LogP contribution is 2.31. The molecule has 2 rings (SSSR count). The Labute approximate surface area is 76.5 Å². The number of furan rings is 1. The lowest BCUT2D eigenvalue weighted by Crippen LogP contribution is -2.00. The van der Waals surface area contributed by atoms with Crippen molar-refractivity contribution in [2.45, 2.75) is 6.92 Å². The number of hydrogen-bond donors (Lipinski definition) is 2. The van der Waals surface area contributed by atoms with Gasteiger partial charge < -0.3 is 14.2 Å². The zero-order valence-corrected chi connectivity index (χ0v) is 7.95. The SMILES string of the molecule is Cc1oc2ccccc2c1P(O)O. The van der Waals surface area contributed by atoms with Crippen LogP contribution in [0.4, 0.5) is 0 Å². The van der Waals surface area contributed by atoms with E-state index in [9.17, 15) is 0 Å². The third kappa shape index (κ3) is 1.35. The first-order valence-electron chi connectivity index (χ1n) is 3.86. The van der Waals surface area contributed by atoms with E-state index in [4.69, 9.17) is 14.2 Å². The molecule has 0 amide bonds. The Kier molecular flexibility index (Phi) is 2.08. The predicted octanol–water partition coefficient (Wildman–Crippen LogP) is 1.66. The Morgan fingerprint density at radius 1 is 1.23 bits per heavy atom. The molecule has 3 nitrogen and oxygen atoms in total. The Balaban J connectivity index is 2.78. The van der Waals surface area contributed by atoms with Crippen molar-refractivity contribution in [3.05, 3.63) is 30.0 Å². The van der Waals surface area contributed by atoms with Crippen molar-refractivity contribution >= 4 is 24.6 Å². The topological polar surface area (TPSA) is 53.6 Å². The molecule has 4 heteroatoms. The zero-order chi connectivity index (χ0) is 9.42. The molecule has 1 aromatic carbocycles. The van der Waals surface area contributed by atoms with Gasteiger partial charge in [0.1, 0.15) is 11.3 Å². The highest BCUT2D eigenvalue weighted by molar-refractivity contribution is 7.54. The molecule has 0 atom stereocenters. The van der Waals surface area contributed by atoms with Gasteiger partial charge in [0, 0.05) is 5.39 Å². The van der Waals surface area contributed by atoms with Gasteiger partial charge in [-0.3, -0.25) is 0 Å². The molecular weight excluding hydrogens is 187 g/mol. The summed E-state index contributed by atoms with van der Waals surface area (Å²) in [4.78, 5) is 18.3. The fraction of sp³-hybridized carbons (Fsp3) is 0.111. The van der Waals surface area contributed by atoms with Crippen LogP contribution in [0.1, 0.15) is 5.76 Å². The summed E-state index contributed by atoms with van der Waals surface area (Å²) in [5.41, 5.74) is 0.700. The lowest BCUT2D eigenvalue weighted by atomic mass is 10.2. The molecule has 13 heavy (non-hydrogen) atoms. The molecule has 0 bridgehead atoms. The minimum Gasteiger partial charge on any atom is -0.461 e. The number of benzene rings is 1. The monoisotopic (exact) mass is 196 g/mol. The van der Waals surface area contributed by atoms with Crippen LogP contribution < -0.4 is 5.30 Å². The molecule has 0 aliphatic rings. The van der Waals surface area contributed by atoms with E-state index in [0.717, 1.165) is 5.39 Å². The number of para-hydroxylation sites is 1. The molecule has 0 saturated carbocycles. The van der Waals surface area contributed by atoms with E-state index in [1.54, 1.807) is 6.92 Å². The van der Waals surface area contributed by atoms with E-state index in [-0.39, 0.29) is 0 Å². The molecule has 68 valence electrons. The highest BCUT2D eigenvalue weighted by atomic mass is 31.2. The van der Waals surface area contributed by atoms with Crippen molar-refractivity contribution in [2.24, 2.45) is 0 Å². The van der Waals surface area contributed by atoms with Crippen LogP contribution in [-0.2, 0) is 0 Å². The van der Waals surface area contributed by atoms with Gasteiger partial charge in [0.05, 0.1) is 5.30 Å². The van der Waals surface area contributed by atoms with Crippen LogP contribution >= 0.6 is 8.38 Å². The molecule has 1 aromatic heterocycles. The van der Waals surface area contributed by atoms with Gasteiger partial charge in [0.25, 0.3) is 0 Å². The molecule has 2 N–H and O–H groups in total. The lowest BCUT2D eigenvalue weighted by molar-refractivity contribution is 0.495. The zero-order valence-electron chi connectivity index (χ0n) is 7.06. The molecule has 0 spiro atoms. The Morgan fingerprint density at radius 2 is 1.92 bits per heavy atom. The van der Waals surface area contributed by atoms with Crippen molar-refractivity contribution in [2.75, 3.05) is 0 Å². The van der Waals surface area contributed by atoms with E-state index < -0.39 is 8.38 Å². The van der Waals surface area contributed by atoms with E-state index in [1.165, 1.54) is 0 Å². The third-order valence-corrected chi connectivity index (χ3v) is 2.89. The van der Waals surface area contributed by atoms with Crippen LogP contribution in [0.2, 0.25) is 0 Å². The molecule has 2 aromatic rings. The van der Waals surface area contributed by atoms with Crippen LogP contribution in [0.5, 0.6) is 0 Å². The number of rotatable bonds is 1. The van der Waals surface area contributed by atoms with Gasteiger partial charge in [0.2, 0.25) is 8.38 Å². The lowest BCUT2D eigenvalue weighted by Gasteiger charge is -1.98. The van der Waals surface area contributed by atoms with Crippen LogP contribution in [0.25, 0.3) is 11.0 Å². The fourth-order valence-electron chi connectivity index (χ4n) is 1.40.